The van der Waals surface area contributed by atoms with Gasteiger partial charge in [-0.25, -0.2) is 0 Å². The van der Waals surface area contributed by atoms with Gasteiger partial charge < -0.3 is 4.57 Å². The minimum atomic E-state index is 1.19. The SMILES string of the molecule is c1ccc(-c2ccc3c(ccc4c5ccccc5n(-c5ccccc5)c34)c2)cc1. The van der Waals surface area contributed by atoms with Crippen LogP contribution in [-0.2, 0) is 0 Å². The van der Waals surface area contributed by atoms with Crippen molar-refractivity contribution in [1.29, 1.82) is 0 Å². The third-order valence-electron chi connectivity index (χ3n) is 5.77. The van der Waals surface area contributed by atoms with Gasteiger partial charge >= 0.3 is 0 Å². The maximum absolute atomic E-state index is 2.40. The molecule has 1 aromatic heterocycles. The van der Waals surface area contributed by atoms with E-state index in [9.17, 15) is 0 Å². The van der Waals surface area contributed by atoms with Gasteiger partial charge in [0.15, 0.2) is 0 Å². The average Bonchev–Trinajstić information content (AvgIpc) is 3.15. The molecule has 0 saturated heterocycles. The maximum atomic E-state index is 2.40. The predicted molar refractivity (Wildman–Crippen MR) is 124 cm³/mol. The Hall–Kier alpha value is -3.84. The second-order valence-electron chi connectivity index (χ2n) is 7.45. The lowest BCUT2D eigenvalue weighted by molar-refractivity contribution is 1.19. The van der Waals surface area contributed by atoms with E-state index in [1.165, 1.54) is 49.4 Å². The Labute approximate surface area is 169 Å². The Kier molecular flexibility index (Phi) is 3.54. The van der Waals surface area contributed by atoms with Gasteiger partial charge in [-0.3, -0.25) is 0 Å². The van der Waals surface area contributed by atoms with E-state index < -0.39 is 0 Å². The van der Waals surface area contributed by atoms with E-state index in [4.69, 9.17) is 0 Å². The molecular formula is C28H19N. The van der Waals surface area contributed by atoms with Crippen LogP contribution in [0.3, 0.4) is 0 Å². The van der Waals surface area contributed by atoms with Crippen LogP contribution in [0.15, 0.2) is 115 Å². The number of nitrogens with zero attached hydrogens (tertiary/aromatic N) is 1. The zero-order valence-electron chi connectivity index (χ0n) is 15.9. The summed E-state index contributed by atoms with van der Waals surface area (Å²) in [4.78, 5) is 0. The second kappa shape index (κ2) is 6.35. The van der Waals surface area contributed by atoms with E-state index in [1.807, 2.05) is 0 Å². The fourth-order valence-electron chi connectivity index (χ4n) is 4.44. The van der Waals surface area contributed by atoms with Crippen LogP contribution in [0.25, 0.3) is 49.4 Å². The first-order chi connectivity index (χ1) is 14.4. The van der Waals surface area contributed by atoms with Crippen LogP contribution in [0.2, 0.25) is 0 Å². The van der Waals surface area contributed by atoms with Crippen molar-refractivity contribution in [1.82, 2.24) is 4.57 Å². The van der Waals surface area contributed by atoms with E-state index in [0.717, 1.165) is 0 Å². The molecule has 5 aromatic carbocycles. The van der Waals surface area contributed by atoms with E-state index in [1.54, 1.807) is 0 Å². The van der Waals surface area contributed by atoms with Gasteiger partial charge in [0.05, 0.1) is 11.0 Å². The second-order valence-corrected chi connectivity index (χ2v) is 7.45. The van der Waals surface area contributed by atoms with Crippen molar-refractivity contribution >= 4 is 32.6 Å². The molecular weight excluding hydrogens is 350 g/mol. The summed E-state index contributed by atoms with van der Waals surface area (Å²) in [6.45, 7) is 0. The monoisotopic (exact) mass is 369 g/mol. The van der Waals surface area contributed by atoms with E-state index in [-0.39, 0.29) is 0 Å². The number of aromatic nitrogens is 1. The molecule has 1 heterocycles. The maximum Gasteiger partial charge on any atom is 0.0619 e. The third kappa shape index (κ3) is 2.48. The molecule has 0 N–H and O–H groups in total. The molecule has 0 bridgehead atoms. The first-order valence-corrected chi connectivity index (χ1v) is 9.97. The minimum absolute atomic E-state index is 1.19. The average molecular weight is 369 g/mol. The van der Waals surface area contributed by atoms with Crippen LogP contribution in [0.1, 0.15) is 0 Å². The number of fused-ring (bicyclic) bond motifs is 5. The number of hydrogen-bond donors (Lipinski definition) is 0. The molecule has 0 radical (unpaired) electrons. The lowest BCUT2D eigenvalue weighted by atomic mass is 9.99. The molecule has 6 rings (SSSR count). The fraction of sp³-hybridized carbons (Fsp3) is 0. The highest BCUT2D eigenvalue weighted by Gasteiger charge is 2.14. The molecule has 1 nitrogen and oxygen atoms in total. The van der Waals surface area contributed by atoms with Crippen molar-refractivity contribution in [2.45, 2.75) is 0 Å². The Bertz CT molecular complexity index is 1480. The standard InChI is InChI=1S/C28H19N/c1-3-9-20(10-4-1)21-15-17-24-22(19-21)16-18-26-25-13-7-8-14-27(25)29(28(24)26)23-11-5-2-6-12-23/h1-19H. The Morgan fingerprint density at radius 2 is 1.14 bits per heavy atom. The van der Waals surface area contributed by atoms with Crippen molar-refractivity contribution in [3.63, 3.8) is 0 Å². The Morgan fingerprint density at radius 3 is 1.97 bits per heavy atom. The third-order valence-corrected chi connectivity index (χ3v) is 5.77. The van der Waals surface area contributed by atoms with Crippen LogP contribution >= 0.6 is 0 Å². The van der Waals surface area contributed by atoms with Crippen LogP contribution in [-0.4, -0.2) is 4.57 Å². The van der Waals surface area contributed by atoms with Crippen LogP contribution in [0, 0.1) is 0 Å². The number of benzene rings is 5. The molecule has 1 heteroatoms. The van der Waals surface area contributed by atoms with Crippen molar-refractivity contribution in [3.8, 4) is 16.8 Å². The first-order valence-electron chi connectivity index (χ1n) is 9.97. The van der Waals surface area contributed by atoms with Crippen LogP contribution in [0.4, 0.5) is 0 Å². The summed E-state index contributed by atoms with van der Waals surface area (Å²) in [5.41, 5.74) is 6.21. The summed E-state index contributed by atoms with van der Waals surface area (Å²) in [6.07, 6.45) is 0. The summed E-state index contributed by atoms with van der Waals surface area (Å²) in [6, 6.07) is 41.3. The fourth-order valence-corrected chi connectivity index (χ4v) is 4.44. The molecule has 6 aromatic rings. The summed E-state index contributed by atoms with van der Waals surface area (Å²) < 4.78 is 2.40. The van der Waals surface area contributed by atoms with Gasteiger partial charge in [-0.15, -0.1) is 0 Å². The predicted octanol–water partition coefficient (Wildman–Crippen LogP) is 7.60. The largest absolute Gasteiger partial charge is 0.309 e. The number of para-hydroxylation sites is 2. The zero-order valence-corrected chi connectivity index (χ0v) is 15.9. The molecule has 0 amide bonds. The smallest absolute Gasteiger partial charge is 0.0619 e. The molecule has 0 unspecified atom stereocenters. The Morgan fingerprint density at radius 1 is 0.448 bits per heavy atom. The van der Waals surface area contributed by atoms with Gasteiger partial charge in [0.1, 0.15) is 0 Å². The summed E-state index contributed by atoms with van der Waals surface area (Å²) in [7, 11) is 0. The molecule has 0 aliphatic carbocycles. The summed E-state index contributed by atoms with van der Waals surface area (Å²) >= 11 is 0. The lowest BCUT2D eigenvalue weighted by Crippen LogP contribution is -1.93. The van der Waals surface area contributed by atoms with Crippen molar-refractivity contribution < 1.29 is 0 Å². The number of rotatable bonds is 2. The summed E-state index contributed by atoms with van der Waals surface area (Å²) in [5, 5.41) is 5.13. The normalized spacial score (nSPS) is 11.4. The lowest BCUT2D eigenvalue weighted by Gasteiger charge is -2.10. The summed E-state index contributed by atoms with van der Waals surface area (Å²) in [5.74, 6) is 0. The molecule has 0 aliphatic rings. The molecule has 0 aliphatic heterocycles. The molecule has 0 saturated carbocycles. The van der Waals surface area contributed by atoms with Gasteiger partial charge in [-0.2, -0.15) is 0 Å². The van der Waals surface area contributed by atoms with Crippen LogP contribution < -0.4 is 0 Å². The van der Waals surface area contributed by atoms with Crippen molar-refractivity contribution in [3.05, 3.63) is 115 Å². The first kappa shape index (κ1) is 16.1. The van der Waals surface area contributed by atoms with E-state index >= 15 is 0 Å². The molecule has 136 valence electrons. The van der Waals surface area contributed by atoms with Crippen molar-refractivity contribution in [2.75, 3.05) is 0 Å². The highest BCUT2D eigenvalue weighted by molar-refractivity contribution is 6.18. The van der Waals surface area contributed by atoms with Crippen LogP contribution in [0.5, 0.6) is 0 Å². The topological polar surface area (TPSA) is 4.93 Å². The van der Waals surface area contributed by atoms with Crippen molar-refractivity contribution in [2.24, 2.45) is 0 Å². The van der Waals surface area contributed by atoms with E-state index in [0.29, 0.717) is 0 Å². The van der Waals surface area contributed by atoms with Gasteiger partial charge in [0, 0.05) is 21.8 Å². The molecule has 0 spiro atoms. The quantitative estimate of drug-likeness (QED) is 0.296. The molecule has 0 atom stereocenters. The highest BCUT2D eigenvalue weighted by Crippen LogP contribution is 2.37. The molecule has 0 fully saturated rings. The Balaban J connectivity index is 1.73. The van der Waals surface area contributed by atoms with Gasteiger partial charge in [-0.1, -0.05) is 91.0 Å². The highest BCUT2D eigenvalue weighted by atomic mass is 15.0. The molecule has 29 heavy (non-hydrogen) atoms. The minimum Gasteiger partial charge on any atom is -0.309 e. The van der Waals surface area contributed by atoms with E-state index in [2.05, 4.69) is 120 Å². The number of hydrogen-bond acceptors (Lipinski definition) is 0. The van der Waals surface area contributed by atoms with Gasteiger partial charge in [0.25, 0.3) is 0 Å². The van der Waals surface area contributed by atoms with Gasteiger partial charge in [0.2, 0.25) is 0 Å². The van der Waals surface area contributed by atoms with Gasteiger partial charge in [-0.05, 0) is 40.8 Å². The zero-order chi connectivity index (χ0) is 19.2.